The van der Waals surface area contributed by atoms with Gasteiger partial charge in [0.15, 0.2) is 6.10 Å². The molecule has 0 aromatic heterocycles. The maximum Gasteiger partial charge on any atom is 0.152 e. The van der Waals surface area contributed by atoms with Crippen molar-refractivity contribution in [1.82, 2.24) is 0 Å². The Hall–Kier alpha value is -0.200. The molecule has 0 spiro atoms. The zero-order valence-corrected chi connectivity index (χ0v) is 12.5. The van der Waals surface area contributed by atoms with Crippen LogP contribution in [0.4, 0.5) is 0 Å². The van der Waals surface area contributed by atoms with E-state index in [4.69, 9.17) is 10.2 Å². The lowest BCUT2D eigenvalue weighted by Crippen LogP contribution is -2.53. The number of likely N-dealkylation sites (N-methyl/N-ethyl adjacent to an activating group) is 2. The van der Waals surface area contributed by atoms with Crippen molar-refractivity contribution in [2.24, 2.45) is 0 Å². The zero-order valence-electron chi connectivity index (χ0n) is 12.5. The third-order valence-electron chi connectivity index (χ3n) is 3.25. The standard InChI is InChI=1S/C13H32N2O3/c1-14(2,7-5-9-16)11-13(18)12-15(3,4)8-6-10-17/h13,16-18H,5-12H2,1-4H3/q+2. The monoisotopic (exact) mass is 264 g/mol. The quantitative estimate of drug-likeness (QED) is 0.456. The summed E-state index contributed by atoms with van der Waals surface area (Å²) in [6.07, 6.45) is 1.18. The largest absolute Gasteiger partial charge is 0.396 e. The van der Waals surface area contributed by atoms with Gasteiger partial charge in [-0.25, -0.2) is 0 Å². The average Bonchev–Trinajstić information content (AvgIpc) is 2.22. The molecule has 0 bridgehead atoms. The molecule has 3 N–H and O–H groups in total. The highest BCUT2D eigenvalue weighted by Gasteiger charge is 2.26. The summed E-state index contributed by atoms with van der Waals surface area (Å²) in [6, 6.07) is 0. The predicted octanol–water partition coefficient (Wildman–Crippen LogP) is -0.735. The molecule has 0 aromatic carbocycles. The first kappa shape index (κ1) is 17.8. The molecule has 110 valence electrons. The van der Waals surface area contributed by atoms with E-state index in [1.165, 1.54) is 0 Å². The van der Waals surface area contributed by atoms with E-state index in [0.29, 0.717) is 13.1 Å². The van der Waals surface area contributed by atoms with E-state index in [-0.39, 0.29) is 19.3 Å². The molecule has 5 nitrogen and oxygen atoms in total. The van der Waals surface area contributed by atoms with Gasteiger partial charge in [-0.15, -0.1) is 0 Å². The lowest BCUT2D eigenvalue weighted by molar-refractivity contribution is -0.914. The minimum absolute atomic E-state index is 0.204. The van der Waals surface area contributed by atoms with Crippen molar-refractivity contribution in [3.8, 4) is 0 Å². The van der Waals surface area contributed by atoms with E-state index in [9.17, 15) is 5.11 Å². The molecule has 0 radical (unpaired) electrons. The summed E-state index contributed by atoms with van der Waals surface area (Å²) >= 11 is 0. The Labute approximate surface area is 111 Å². The molecular weight excluding hydrogens is 232 g/mol. The zero-order chi connectivity index (χ0) is 14.2. The van der Waals surface area contributed by atoms with Crippen LogP contribution in [-0.2, 0) is 0 Å². The van der Waals surface area contributed by atoms with Crippen LogP contribution >= 0.6 is 0 Å². The van der Waals surface area contributed by atoms with Crippen LogP contribution in [-0.4, -0.2) is 98.0 Å². The summed E-state index contributed by atoms with van der Waals surface area (Å²) in [5, 5.41) is 27.9. The van der Waals surface area contributed by atoms with Gasteiger partial charge in [-0.05, 0) is 0 Å². The molecule has 0 rings (SSSR count). The van der Waals surface area contributed by atoms with Crippen LogP contribution in [0, 0.1) is 0 Å². The van der Waals surface area contributed by atoms with E-state index >= 15 is 0 Å². The fourth-order valence-corrected chi connectivity index (χ4v) is 2.38. The van der Waals surface area contributed by atoms with Gasteiger partial charge >= 0.3 is 0 Å². The minimum atomic E-state index is -0.354. The molecule has 0 saturated carbocycles. The lowest BCUT2D eigenvalue weighted by Gasteiger charge is -2.36. The Morgan fingerprint density at radius 3 is 1.39 bits per heavy atom. The van der Waals surface area contributed by atoms with Gasteiger partial charge in [0.2, 0.25) is 0 Å². The number of aliphatic hydroxyl groups excluding tert-OH is 3. The fourth-order valence-electron chi connectivity index (χ4n) is 2.38. The van der Waals surface area contributed by atoms with Crippen LogP contribution in [0.3, 0.4) is 0 Å². The van der Waals surface area contributed by atoms with E-state index in [1.807, 2.05) is 0 Å². The summed E-state index contributed by atoms with van der Waals surface area (Å²) in [5.41, 5.74) is 0. The molecule has 0 aromatic rings. The maximum atomic E-state index is 10.2. The average molecular weight is 264 g/mol. The van der Waals surface area contributed by atoms with Crippen molar-refractivity contribution < 1.29 is 24.3 Å². The van der Waals surface area contributed by atoms with Gasteiger partial charge in [0.25, 0.3) is 0 Å². The van der Waals surface area contributed by atoms with Crippen LogP contribution in [0.1, 0.15) is 12.8 Å². The molecule has 0 fully saturated rings. The van der Waals surface area contributed by atoms with Gasteiger partial charge in [0.05, 0.1) is 41.3 Å². The van der Waals surface area contributed by atoms with E-state index in [0.717, 1.165) is 34.9 Å². The molecule has 0 aliphatic carbocycles. The smallest absolute Gasteiger partial charge is 0.152 e. The molecule has 18 heavy (non-hydrogen) atoms. The predicted molar refractivity (Wildman–Crippen MR) is 73.1 cm³/mol. The highest BCUT2D eigenvalue weighted by atomic mass is 16.3. The number of hydrogen-bond donors (Lipinski definition) is 3. The third-order valence-corrected chi connectivity index (χ3v) is 3.25. The first-order valence-electron chi connectivity index (χ1n) is 6.76. The summed E-state index contributed by atoms with van der Waals surface area (Å²) in [7, 11) is 8.30. The molecule has 0 saturated heterocycles. The topological polar surface area (TPSA) is 60.7 Å². The molecule has 0 amide bonds. The highest BCUT2D eigenvalue weighted by Crippen LogP contribution is 2.07. The van der Waals surface area contributed by atoms with Crippen molar-refractivity contribution in [2.45, 2.75) is 18.9 Å². The van der Waals surface area contributed by atoms with Crippen LogP contribution in [0.5, 0.6) is 0 Å². The van der Waals surface area contributed by atoms with Crippen molar-refractivity contribution in [2.75, 3.05) is 67.6 Å². The minimum Gasteiger partial charge on any atom is -0.396 e. The fraction of sp³-hybridized carbons (Fsp3) is 1.00. The molecule has 0 atom stereocenters. The summed E-state index contributed by atoms with van der Waals surface area (Å²) in [6.45, 7) is 3.54. The Morgan fingerprint density at radius 2 is 1.11 bits per heavy atom. The van der Waals surface area contributed by atoms with Crippen LogP contribution in [0.25, 0.3) is 0 Å². The SMILES string of the molecule is C[N+](C)(CCCO)CC(O)C[N+](C)(C)CCCO. The van der Waals surface area contributed by atoms with Gasteiger partial charge in [0, 0.05) is 26.1 Å². The first-order valence-corrected chi connectivity index (χ1v) is 6.76. The van der Waals surface area contributed by atoms with Crippen molar-refractivity contribution in [1.29, 1.82) is 0 Å². The molecule has 5 heteroatoms. The Bertz CT molecular complexity index is 198. The Balaban J connectivity index is 4.11. The van der Waals surface area contributed by atoms with Crippen LogP contribution in [0.2, 0.25) is 0 Å². The molecule has 0 aliphatic heterocycles. The lowest BCUT2D eigenvalue weighted by atomic mass is 10.2. The molecule has 0 aliphatic rings. The van der Waals surface area contributed by atoms with Crippen LogP contribution in [0.15, 0.2) is 0 Å². The number of aliphatic hydroxyl groups is 3. The van der Waals surface area contributed by atoms with Crippen molar-refractivity contribution in [3.05, 3.63) is 0 Å². The van der Waals surface area contributed by atoms with Gasteiger partial charge < -0.3 is 24.3 Å². The molecule has 0 unspecified atom stereocenters. The number of hydrogen-bond acceptors (Lipinski definition) is 3. The normalized spacial score (nSPS) is 13.3. The molecular formula is C13H32N2O3+2. The van der Waals surface area contributed by atoms with E-state index in [2.05, 4.69) is 28.2 Å². The van der Waals surface area contributed by atoms with Gasteiger partial charge in [-0.3, -0.25) is 0 Å². The maximum absolute atomic E-state index is 10.2. The number of rotatable bonds is 10. The summed E-state index contributed by atoms with van der Waals surface area (Å²) in [4.78, 5) is 0. The van der Waals surface area contributed by atoms with Gasteiger partial charge in [-0.2, -0.15) is 0 Å². The number of nitrogens with zero attached hydrogens (tertiary/aromatic N) is 2. The van der Waals surface area contributed by atoms with Gasteiger partial charge in [-0.1, -0.05) is 0 Å². The second kappa shape index (κ2) is 8.07. The summed E-state index contributed by atoms with van der Waals surface area (Å²) < 4.78 is 1.45. The van der Waals surface area contributed by atoms with E-state index in [1.54, 1.807) is 0 Å². The third kappa shape index (κ3) is 8.83. The van der Waals surface area contributed by atoms with Crippen molar-refractivity contribution >= 4 is 0 Å². The van der Waals surface area contributed by atoms with Gasteiger partial charge in [0.1, 0.15) is 13.1 Å². The number of quaternary nitrogens is 2. The van der Waals surface area contributed by atoms with Crippen molar-refractivity contribution in [3.63, 3.8) is 0 Å². The first-order chi connectivity index (χ1) is 8.22. The molecule has 0 heterocycles. The Morgan fingerprint density at radius 1 is 0.778 bits per heavy atom. The summed E-state index contributed by atoms with van der Waals surface area (Å²) in [5.74, 6) is 0. The highest BCUT2D eigenvalue weighted by molar-refractivity contribution is 4.53. The second-order valence-corrected chi connectivity index (χ2v) is 6.49. The Kier molecular flexibility index (Phi) is 7.98. The second-order valence-electron chi connectivity index (χ2n) is 6.49. The van der Waals surface area contributed by atoms with Crippen LogP contribution < -0.4 is 0 Å². The van der Waals surface area contributed by atoms with E-state index < -0.39 is 0 Å².